The van der Waals surface area contributed by atoms with Crippen molar-refractivity contribution in [3.05, 3.63) is 54.0 Å². The van der Waals surface area contributed by atoms with E-state index in [-0.39, 0.29) is 6.04 Å². The number of nitrogens with one attached hydrogen (secondary N) is 1. The summed E-state index contributed by atoms with van der Waals surface area (Å²) in [4.78, 5) is 4.29. The summed E-state index contributed by atoms with van der Waals surface area (Å²) in [6.07, 6.45) is 3.51. The molecule has 5 nitrogen and oxygen atoms in total. The molecule has 3 aromatic rings. The van der Waals surface area contributed by atoms with Gasteiger partial charge in [-0.25, -0.2) is 5.43 Å². The maximum atomic E-state index is 5.61. The molecular weight excluding hydrogens is 246 g/mol. The first kappa shape index (κ1) is 11.2. The Kier molecular flexibility index (Phi) is 2.97. The summed E-state index contributed by atoms with van der Waals surface area (Å²) in [5.41, 5.74) is 5.61. The van der Waals surface area contributed by atoms with Crippen LogP contribution in [-0.4, -0.2) is 13.7 Å². The summed E-state index contributed by atoms with van der Waals surface area (Å²) in [7, 11) is 0. The lowest BCUT2D eigenvalue weighted by Crippen LogP contribution is -2.29. The summed E-state index contributed by atoms with van der Waals surface area (Å²) >= 11 is 1.17. The van der Waals surface area contributed by atoms with Crippen LogP contribution in [0.1, 0.15) is 17.3 Å². The van der Waals surface area contributed by atoms with Gasteiger partial charge in [-0.3, -0.25) is 10.8 Å². The predicted octanol–water partition coefficient (Wildman–Crippen LogP) is 1.64. The Bertz CT molecular complexity index is 652. The van der Waals surface area contributed by atoms with Gasteiger partial charge in [0.05, 0.1) is 35.2 Å². The van der Waals surface area contributed by atoms with Gasteiger partial charge in [0.15, 0.2) is 0 Å². The van der Waals surface area contributed by atoms with Crippen molar-refractivity contribution in [3.63, 3.8) is 0 Å². The molecule has 0 saturated heterocycles. The Morgan fingerprint density at radius 2 is 2.22 bits per heavy atom. The molecule has 1 unspecified atom stereocenters. The van der Waals surface area contributed by atoms with Crippen LogP contribution in [0, 0.1) is 0 Å². The van der Waals surface area contributed by atoms with Crippen LogP contribution < -0.4 is 11.3 Å². The van der Waals surface area contributed by atoms with E-state index in [0.717, 1.165) is 22.2 Å². The molecule has 18 heavy (non-hydrogen) atoms. The molecule has 0 aliphatic heterocycles. The number of hydrogen-bond donors (Lipinski definition) is 2. The van der Waals surface area contributed by atoms with Crippen LogP contribution >= 0.6 is 11.7 Å². The monoisotopic (exact) mass is 257 g/mol. The van der Waals surface area contributed by atoms with Crippen LogP contribution in [0.5, 0.6) is 0 Å². The molecule has 0 saturated carbocycles. The Morgan fingerprint density at radius 3 is 3.00 bits per heavy atom. The van der Waals surface area contributed by atoms with E-state index in [1.807, 2.05) is 24.3 Å². The van der Waals surface area contributed by atoms with E-state index in [4.69, 9.17) is 5.84 Å². The molecule has 1 aromatic carbocycles. The summed E-state index contributed by atoms with van der Waals surface area (Å²) in [5.74, 6) is 5.61. The Labute approximate surface area is 108 Å². The third kappa shape index (κ3) is 1.97. The third-order valence-corrected chi connectivity index (χ3v) is 3.29. The number of fused-ring (bicyclic) bond motifs is 1. The number of benzene rings is 1. The normalized spacial score (nSPS) is 12.7. The number of pyridine rings is 1. The second kappa shape index (κ2) is 4.77. The van der Waals surface area contributed by atoms with E-state index in [1.54, 1.807) is 12.4 Å². The Hall–Kier alpha value is -1.89. The fourth-order valence-electron chi connectivity index (χ4n) is 1.93. The zero-order chi connectivity index (χ0) is 12.4. The van der Waals surface area contributed by atoms with E-state index in [0.29, 0.717) is 0 Å². The highest BCUT2D eigenvalue weighted by molar-refractivity contribution is 6.99. The zero-order valence-electron chi connectivity index (χ0n) is 9.45. The van der Waals surface area contributed by atoms with Gasteiger partial charge >= 0.3 is 0 Å². The lowest BCUT2D eigenvalue weighted by atomic mass is 10.0. The van der Waals surface area contributed by atoms with Crippen molar-refractivity contribution < 1.29 is 0 Å². The Balaban J connectivity index is 2.07. The minimum atomic E-state index is -0.145. The standard InChI is InChI=1S/C12H11N5S/c13-16-12(11-7-15-18-17-11)9-3-4-10-8(6-9)2-1-5-14-10/h1-7,12,16H,13H2. The van der Waals surface area contributed by atoms with Gasteiger partial charge in [0.1, 0.15) is 0 Å². The zero-order valence-corrected chi connectivity index (χ0v) is 10.3. The Morgan fingerprint density at radius 1 is 1.28 bits per heavy atom. The molecule has 90 valence electrons. The molecule has 0 bridgehead atoms. The first-order valence-corrected chi connectivity index (χ1v) is 6.20. The van der Waals surface area contributed by atoms with Crippen LogP contribution in [0.2, 0.25) is 0 Å². The van der Waals surface area contributed by atoms with Crippen LogP contribution in [-0.2, 0) is 0 Å². The number of rotatable bonds is 3. The molecule has 0 radical (unpaired) electrons. The van der Waals surface area contributed by atoms with Crippen molar-refractivity contribution in [2.45, 2.75) is 6.04 Å². The van der Waals surface area contributed by atoms with Gasteiger partial charge < -0.3 is 0 Å². The molecule has 3 rings (SSSR count). The molecule has 6 heteroatoms. The molecule has 3 N–H and O–H groups in total. The maximum absolute atomic E-state index is 5.61. The molecule has 1 atom stereocenters. The van der Waals surface area contributed by atoms with E-state index >= 15 is 0 Å². The van der Waals surface area contributed by atoms with Crippen molar-refractivity contribution in [2.75, 3.05) is 0 Å². The molecular formula is C12H11N5S. The van der Waals surface area contributed by atoms with E-state index in [2.05, 4.69) is 25.2 Å². The average molecular weight is 257 g/mol. The van der Waals surface area contributed by atoms with Gasteiger partial charge in [-0.05, 0) is 23.8 Å². The highest BCUT2D eigenvalue weighted by atomic mass is 32.1. The van der Waals surface area contributed by atoms with Crippen molar-refractivity contribution in [1.29, 1.82) is 0 Å². The third-order valence-electron chi connectivity index (χ3n) is 2.80. The van der Waals surface area contributed by atoms with Gasteiger partial charge in [0.25, 0.3) is 0 Å². The van der Waals surface area contributed by atoms with Crippen molar-refractivity contribution in [3.8, 4) is 0 Å². The molecule has 0 aliphatic carbocycles. The second-order valence-corrected chi connectivity index (χ2v) is 4.44. The lowest BCUT2D eigenvalue weighted by molar-refractivity contribution is 0.626. The van der Waals surface area contributed by atoms with Gasteiger partial charge in [-0.2, -0.15) is 8.75 Å². The maximum Gasteiger partial charge on any atom is 0.0970 e. The molecule has 0 amide bonds. The van der Waals surface area contributed by atoms with Gasteiger partial charge in [0, 0.05) is 11.6 Å². The van der Waals surface area contributed by atoms with Crippen LogP contribution in [0.3, 0.4) is 0 Å². The van der Waals surface area contributed by atoms with Gasteiger partial charge in [-0.15, -0.1) is 0 Å². The average Bonchev–Trinajstić information content (AvgIpc) is 2.93. The van der Waals surface area contributed by atoms with Crippen molar-refractivity contribution in [1.82, 2.24) is 19.2 Å². The predicted molar refractivity (Wildman–Crippen MR) is 70.8 cm³/mol. The summed E-state index contributed by atoms with van der Waals surface area (Å²) in [6.45, 7) is 0. The lowest BCUT2D eigenvalue weighted by Gasteiger charge is -2.13. The molecule has 2 heterocycles. The molecule has 0 aliphatic rings. The minimum Gasteiger partial charge on any atom is -0.271 e. The first-order valence-electron chi connectivity index (χ1n) is 5.47. The largest absolute Gasteiger partial charge is 0.271 e. The number of aromatic nitrogens is 3. The smallest absolute Gasteiger partial charge is 0.0970 e. The summed E-state index contributed by atoms with van der Waals surface area (Å²) < 4.78 is 8.22. The number of nitrogens with zero attached hydrogens (tertiary/aromatic N) is 3. The highest BCUT2D eigenvalue weighted by Gasteiger charge is 2.15. The number of nitrogens with two attached hydrogens (primary N) is 1. The fourth-order valence-corrected chi connectivity index (χ4v) is 2.37. The molecule has 0 fully saturated rings. The van der Waals surface area contributed by atoms with E-state index < -0.39 is 0 Å². The van der Waals surface area contributed by atoms with Crippen LogP contribution in [0.4, 0.5) is 0 Å². The van der Waals surface area contributed by atoms with E-state index in [1.165, 1.54) is 11.7 Å². The van der Waals surface area contributed by atoms with E-state index in [9.17, 15) is 0 Å². The minimum absolute atomic E-state index is 0.145. The second-order valence-electron chi connectivity index (χ2n) is 3.89. The quantitative estimate of drug-likeness (QED) is 0.551. The van der Waals surface area contributed by atoms with Gasteiger partial charge in [-0.1, -0.05) is 12.1 Å². The van der Waals surface area contributed by atoms with Crippen LogP contribution in [0.15, 0.2) is 42.7 Å². The molecule has 2 aromatic heterocycles. The fraction of sp³-hybridized carbons (Fsp3) is 0.0833. The summed E-state index contributed by atoms with van der Waals surface area (Å²) in [6, 6.07) is 9.84. The molecule has 0 spiro atoms. The van der Waals surface area contributed by atoms with Gasteiger partial charge in [0.2, 0.25) is 0 Å². The van der Waals surface area contributed by atoms with Crippen molar-refractivity contribution in [2.24, 2.45) is 5.84 Å². The highest BCUT2D eigenvalue weighted by Crippen LogP contribution is 2.23. The number of hydrazine groups is 1. The summed E-state index contributed by atoms with van der Waals surface area (Å²) in [5, 5.41) is 1.08. The topological polar surface area (TPSA) is 76.7 Å². The SMILES string of the molecule is NNC(c1ccc2ncccc2c1)c1cnsn1. The first-order chi connectivity index (χ1) is 8.88. The number of hydrogen-bond acceptors (Lipinski definition) is 6. The van der Waals surface area contributed by atoms with Crippen molar-refractivity contribution >= 4 is 22.6 Å². The van der Waals surface area contributed by atoms with Crippen LogP contribution in [0.25, 0.3) is 10.9 Å².